The lowest BCUT2D eigenvalue weighted by Gasteiger charge is -2.37. The second-order valence-corrected chi connectivity index (χ2v) is 10.5. The molecule has 11 heteroatoms. The molecule has 0 spiro atoms. The lowest BCUT2D eigenvalue weighted by Crippen LogP contribution is -2.36. The molecule has 0 saturated heterocycles. The van der Waals surface area contributed by atoms with Gasteiger partial charge in [0, 0.05) is 35.1 Å². The van der Waals surface area contributed by atoms with E-state index in [0.717, 1.165) is 49.0 Å². The number of aromatic nitrogens is 4. The Morgan fingerprint density at radius 2 is 1.80 bits per heavy atom. The van der Waals surface area contributed by atoms with Crippen molar-refractivity contribution in [2.24, 2.45) is 5.41 Å². The Morgan fingerprint density at radius 1 is 1.12 bits per heavy atom. The molecule has 4 aromatic rings. The van der Waals surface area contributed by atoms with Gasteiger partial charge in [0.25, 0.3) is 5.91 Å². The summed E-state index contributed by atoms with van der Waals surface area (Å²) >= 11 is 0. The van der Waals surface area contributed by atoms with Crippen molar-refractivity contribution in [3.63, 3.8) is 0 Å². The Balaban J connectivity index is 0.00000118. The number of pyridine rings is 1. The third-order valence-electron chi connectivity index (χ3n) is 7.80. The van der Waals surface area contributed by atoms with E-state index in [2.05, 4.69) is 42.5 Å². The van der Waals surface area contributed by atoms with Gasteiger partial charge in [-0.25, -0.2) is 15.0 Å². The first-order valence-electron chi connectivity index (χ1n) is 12.5. The van der Waals surface area contributed by atoms with Gasteiger partial charge in [-0.15, -0.1) is 0 Å². The molecule has 1 atom stereocenters. The maximum absolute atomic E-state index is 13.0. The fraction of sp³-hybridized carbons (Fsp3) is 0.310. The van der Waals surface area contributed by atoms with Crippen LogP contribution in [0.2, 0.25) is 0 Å². The Kier molecular flexibility index (Phi) is 7.48. The largest absolute Gasteiger partial charge is 0.462 e. The zero-order valence-electron chi connectivity index (χ0n) is 22.3. The summed E-state index contributed by atoms with van der Waals surface area (Å²) in [5.74, 6) is 0.523. The van der Waals surface area contributed by atoms with Gasteiger partial charge in [-0.2, -0.15) is 13.2 Å². The number of benzene rings is 1. The summed E-state index contributed by atoms with van der Waals surface area (Å²) in [6.45, 7) is 6.76. The van der Waals surface area contributed by atoms with Gasteiger partial charge in [0.2, 0.25) is 0 Å². The summed E-state index contributed by atoms with van der Waals surface area (Å²) in [7, 11) is 0. The lowest BCUT2D eigenvalue weighted by molar-refractivity contribution is -0.137. The second-order valence-electron chi connectivity index (χ2n) is 10.5. The van der Waals surface area contributed by atoms with Crippen LogP contribution in [0, 0.1) is 17.9 Å². The van der Waals surface area contributed by atoms with Crippen LogP contribution in [0.3, 0.4) is 0 Å². The normalized spacial score (nSPS) is 18.0. The van der Waals surface area contributed by atoms with E-state index in [-0.39, 0.29) is 22.2 Å². The third-order valence-corrected chi connectivity index (χ3v) is 7.80. The monoisotopic (exact) mass is 550 g/mol. The molecule has 0 unspecified atom stereocenters. The summed E-state index contributed by atoms with van der Waals surface area (Å²) in [4.78, 5) is 25.9. The molecule has 208 valence electrons. The number of terminal acetylenes is 1. The summed E-state index contributed by atoms with van der Waals surface area (Å²) < 4.78 is 41.0. The van der Waals surface area contributed by atoms with Crippen LogP contribution in [0.25, 0.3) is 16.8 Å². The van der Waals surface area contributed by atoms with Gasteiger partial charge in [0.1, 0.15) is 34.8 Å². The highest BCUT2D eigenvalue weighted by molar-refractivity contribution is 6.04. The molecule has 3 heterocycles. The number of carbonyl (C=O) groups excluding carboxylic acids is 1. The first-order valence-corrected chi connectivity index (χ1v) is 12.5. The highest BCUT2D eigenvalue weighted by Crippen LogP contribution is 2.54. The number of carbonyl (C=O) groups is 1. The Morgan fingerprint density at radius 3 is 2.40 bits per heavy atom. The van der Waals surface area contributed by atoms with E-state index in [1.807, 2.05) is 10.6 Å². The van der Waals surface area contributed by atoms with Crippen LogP contribution in [-0.2, 0) is 11.6 Å². The summed E-state index contributed by atoms with van der Waals surface area (Å²) in [6, 6.07) is 8.33. The fourth-order valence-electron chi connectivity index (χ4n) is 5.21. The number of anilines is 2. The van der Waals surface area contributed by atoms with Crippen molar-refractivity contribution in [2.75, 3.05) is 11.1 Å². The molecule has 1 aliphatic carbocycles. The summed E-state index contributed by atoms with van der Waals surface area (Å²) in [6.07, 6.45) is 8.63. The number of rotatable bonds is 4. The van der Waals surface area contributed by atoms with E-state index < -0.39 is 17.6 Å². The maximum Gasteiger partial charge on any atom is 0.416 e. The Bertz CT molecular complexity index is 1590. The summed E-state index contributed by atoms with van der Waals surface area (Å²) in [5.41, 5.74) is 7.67. The highest BCUT2D eigenvalue weighted by Gasteiger charge is 2.49. The van der Waals surface area contributed by atoms with Gasteiger partial charge in [0.05, 0.1) is 5.56 Å². The van der Waals surface area contributed by atoms with Crippen molar-refractivity contribution in [1.82, 2.24) is 19.4 Å². The Hall–Kier alpha value is -4.59. The number of amides is 1. The molecule has 5 rings (SSSR count). The second kappa shape index (κ2) is 10.5. The fourth-order valence-corrected chi connectivity index (χ4v) is 5.21. The van der Waals surface area contributed by atoms with Gasteiger partial charge in [-0.3, -0.25) is 9.20 Å². The molecule has 1 amide bonds. The van der Waals surface area contributed by atoms with Crippen LogP contribution in [0.5, 0.6) is 0 Å². The number of alkyl halides is 3. The molecule has 40 heavy (non-hydrogen) atoms. The van der Waals surface area contributed by atoms with Crippen molar-refractivity contribution < 1.29 is 23.1 Å². The van der Waals surface area contributed by atoms with Crippen molar-refractivity contribution in [3.8, 4) is 23.8 Å². The van der Waals surface area contributed by atoms with E-state index in [0.29, 0.717) is 17.0 Å². The molecule has 0 radical (unpaired) electrons. The van der Waals surface area contributed by atoms with E-state index >= 15 is 0 Å². The average molecular weight is 551 g/mol. The van der Waals surface area contributed by atoms with Crippen molar-refractivity contribution in [1.29, 1.82) is 0 Å². The molecule has 0 bridgehead atoms. The zero-order valence-corrected chi connectivity index (χ0v) is 22.3. The van der Waals surface area contributed by atoms with Crippen molar-refractivity contribution >= 4 is 23.1 Å². The minimum absolute atomic E-state index is 0.0446. The minimum atomic E-state index is -4.53. The number of nitrogens with one attached hydrogen (secondary N) is 1. The Labute approximate surface area is 229 Å². The number of imidazole rings is 1. The average Bonchev–Trinajstić information content (AvgIpc) is 3.42. The van der Waals surface area contributed by atoms with Crippen molar-refractivity contribution in [3.05, 3.63) is 71.9 Å². The lowest BCUT2D eigenvalue weighted by atomic mass is 9.69. The summed E-state index contributed by atoms with van der Waals surface area (Å²) in [5, 5.41) is 9.52. The van der Waals surface area contributed by atoms with Crippen molar-refractivity contribution in [2.45, 2.75) is 51.6 Å². The molecule has 1 aliphatic rings. The first-order chi connectivity index (χ1) is 18.8. The molecule has 8 nitrogen and oxygen atoms in total. The molecular weight excluding hydrogens is 521 g/mol. The van der Waals surface area contributed by atoms with Crippen LogP contribution in [-0.4, -0.2) is 30.4 Å². The molecule has 0 aliphatic heterocycles. The van der Waals surface area contributed by atoms with Gasteiger partial charge < -0.3 is 16.2 Å². The predicted octanol–water partition coefficient (Wildman–Crippen LogP) is 6.06. The van der Waals surface area contributed by atoms with Crippen LogP contribution in [0.1, 0.15) is 61.8 Å². The quantitative estimate of drug-likeness (QED) is 0.266. The predicted molar refractivity (Wildman–Crippen MR) is 146 cm³/mol. The number of nitrogen functional groups attached to an aromatic ring is 1. The topological polar surface area (TPSA) is 118 Å². The van der Waals surface area contributed by atoms with Crippen LogP contribution < -0.4 is 11.1 Å². The number of aliphatic hydroxyl groups is 1. The number of nitrogens with two attached hydrogens (primary N) is 1. The van der Waals surface area contributed by atoms with Gasteiger partial charge in [-0.05, 0) is 42.5 Å². The highest BCUT2D eigenvalue weighted by atomic mass is 19.4. The van der Waals surface area contributed by atoms with Crippen LogP contribution in [0.15, 0.2) is 55.0 Å². The number of fused-ring (bicyclic) bond motifs is 1. The van der Waals surface area contributed by atoms with E-state index in [4.69, 9.17) is 15.8 Å². The van der Waals surface area contributed by atoms with E-state index in [9.17, 15) is 18.0 Å². The maximum atomic E-state index is 13.0. The van der Waals surface area contributed by atoms with E-state index in [1.165, 1.54) is 6.11 Å². The number of nitrogens with zero attached hydrogens (tertiary/aromatic N) is 4. The van der Waals surface area contributed by atoms with Gasteiger partial charge >= 0.3 is 6.18 Å². The number of halogens is 3. The first kappa shape index (κ1) is 28.4. The smallest absolute Gasteiger partial charge is 0.416 e. The molecule has 1 aromatic carbocycles. The number of aliphatic hydroxyl groups excluding tert-OH is 1. The van der Waals surface area contributed by atoms with Gasteiger partial charge in [-0.1, -0.05) is 45.7 Å². The molecule has 1 fully saturated rings. The standard InChI is InChI=1S/C27H27F3N6O.C2H2O/c1-25(2)10-4-11-26(25,3)24-35-20(21-22(31)33-13-14-36(21)24)16-5-7-17(8-6-16)23(37)34-19-15-18(9-12-32-19)27(28,29)30;1-2-3/h5-9,12-15H,4,10-11H2,1-3H3,(H2,31,33)(H,32,34,37);1,3H/t26-;/m1./s1. The molecular formula is C29H29F3N6O2. The minimum Gasteiger partial charge on any atom is -0.462 e. The SMILES string of the molecule is C#CO.CC1(C)CCC[C@]1(C)c1nc(-c2ccc(C(=O)Nc3cc(C(F)(F)F)ccn3)cc2)c2c(N)nccn12. The molecule has 1 saturated carbocycles. The third kappa shape index (κ3) is 5.17. The zero-order chi connectivity index (χ0) is 29.3. The van der Waals surface area contributed by atoms with Gasteiger partial charge in [0.15, 0.2) is 0 Å². The number of hydrogen-bond acceptors (Lipinski definition) is 6. The molecule has 4 N–H and O–H groups in total. The molecule has 3 aromatic heterocycles. The van der Waals surface area contributed by atoms with E-state index in [1.54, 1.807) is 30.5 Å². The number of hydrogen-bond donors (Lipinski definition) is 3. The van der Waals surface area contributed by atoms with Crippen LogP contribution >= 0.6 is 0 Å². The van der Waals surface area contributed by atoms with Crippen LogP contribution in [0.4, 0.5) is 24.8 Å².